The molecule has 3 rings (SSSR count). The number of carboxylic acid groups (broad SMARTS) is 1. The Kier molecular flexibility index (Phi) is 3.76. The van der Waals surface area contributed by atoms with E-state index in [1.165, 1.54) is 12.3 Å². The largest absolute Gasteiger partial charge is 0.478 e. The number of ether oxygens (including phenoxy) is 1. The van der Waals surface area contributed by atoms with Crippen LogP contribution in [0.1, 0.15) is 10.4 Å². The van der Waals surface area contributed by atoms with E-state index in [2.05, 4.69) is 10.1 Å². The topological polar surface area (TPSA) is 77.2 Å². The second-order valence-corrected chi connectivity index (χ2v) is 4.83. The van der Waals surface area contributed by atoms with Crippen molar-refractivity contribution >= 4 is 5.97 Å². The third-order valence-electron chi connectivity index (χ3n) is 3.14. The highest BCUT2D eigenvalue weighted by molar-refractivity contribution is 5.88. The third kappa shape index (κ3) is 3.18. The van der Waals surface area contributed by atoms with Crippen LogP contribution < -0.4 is 4.74 Å². The van der Waals surface area contributed by atoms with E-state index in [4.69, 9.17) is 9.84 Å². The van der Waals surface area contributed by atoms with Gasteiger partial charge in [0.1, 0.15) is 5.75 Å². The molecule has 0 radical (unpaired) electrons. The van der Waals surface area contributed by atoms with Gasteiger partial charge < -0.3 is 9.84 Å². The Morgan fingerprint density at radius 3 is 2.83 bits per heavy atom. The van der Waals surface area contributed by atoms with Gasteiger partial charge in [-0.25, -0.2) is 9.18 Å². The van der Waals surface area contributed by atoms with Crippen molar-refractivity contribution in [2.24, 2.45) is 7.05 Å². The third-order valence-corrected chi connectivity index (χ3v) is 3.14. The molecule has 1 N–H and O–H groups in total. The second-order valence-electron chi connectivity index (χ2n) is 4.83. The van der Waals surface area contributed by atoms with Crippen molar-refractivity contribution in [1.29, 1.82) is 0 Å². The Hall–Kier alpha value is -3.22. The molecule has 3 aromatic rings. The molecule has 0 amide bonds. The molecule has 0 spiro atoms. The number of halogens is 1. The predicted octanol–water partition coefficient (Wildman–Crippen LogP) is 3.11. The number of aromatic nitrogens is 3. The fourth-order valence-corrected chi connectivity index (χ4v) is 2.03. The van der Waals surface area contributed by atoms with Gasteiger partial charge in [-0.15, -0.1) is 0 Å². The molecule has 0 saturated heterocycles. The maximum Gasteiger partial charge on any atom is 0.335 e. The monoisotopic (exact) mass is 313 g/mol. The van der Waals surface area contributed by atoms with E-state index >= 15 is 0 Å². The molecule has 1 aromatic carbocycles. The van der Waals surface area contributed by atoms with Gasteiger partial charge in [-0.3, -0.25) is 9.67 Å². The maximum absolute atomic E-state index is 13.8. The van der Waals surface area contributed by atoms with Gasteiger partial charge in [0.15, 0.2) is 11.6 Å². The van der Waals surface area contributed by atoms with Crippen LogP contribution in [-0.4, -0.2) is 25.8 Å². The van der Waals surface area contributed by atoms with Gasteiger partial charge in [0.2, 0.25) is 0 Å². The normalized spacial score (nSPS) is 10.5. The predicted molar refractivity (Wildman–Crippen MR) is 79.9 cm³/mol. The van der Waals surface area contributed by atoms with Crippen LogP contribution in [0.15, 0.2) is 48.9 Å². The fraction of sp³-hybridized carbons (Fsp3) is 0.0625. The van der Waals surface area contributed by atoms with E-state index in [1.807, 2.05) is 0 Å². The first-order valence-corrected chi connectivity index (χ1v) is 6.69. The molecule has 0 fully saturated rings. The first-order valence-electron chi connectivity index (χ1n) is 6.69. The summed E-state index contributed by atoms with van der Waals surface area (Å²) in [6, 6.07) is 6.57. The number of hydrogen-bond acceptors (Lipinski definition) is 4. The lowest BCUT2D eigenvalue weighted by Gasteiger charge is -2.08. The second kappa shape index (κ2) is 5.88. The molecule has 2 heterocycles. The van der Waals surface area contributed by atoms with Crippen LogP contribution >= 0.6 is 0 Å². The summed E-state index contributed by atoms with van der Waals surface area (Å²) >= 11 is 0. The summed E-state index contributed by atoms with van der Waals surface area (Å²) in [6.07, 6.45) is 4.96. The highest BCUT2D eigenvalue weighted by atomic mass is 19.1. The number of benzene rings is 1. The Morgan fingerprint density at radius 2 is 2.13 bits per heavy atom. The molecule has 0 unspecified atom stereocenters. The molecular weight excluding hydrogens is 301 g/mol. The zero-order valence-corrected chi connectivity index (χ0v) is 12.1. The van der Waals surface area contributed by atoms with Crippen molar-refractivity contribution in [2.45, 2.75) is 0 Å². The maximum atomic E-state index is 13.8. The zero-order chi connectivity index (χ0) is 16.4. The van der Waals surface area contributed by atoms with E-state index < -0.39 is 11.8 Å². The first-order chi connectivity index (χ1) is 11.0. The highest BCUT2D eigenvalue weighted by Crippen LogP contribution is 2.28. The molecule has 7 heteroatoms. The average molecular weight is 313 g/mol. The first kappa shape index (κ1) is 14.7. The molecule has 116 valence electrons. The van der Waals surface area contributed by atoms with E-state index in [1.54, 1.807) is 36.3 Å². The summed E-state index contributed by atoms with van der Waals surface area (Å²) in [6.45, 7) is 0. The minimum Gasteiger partial charge on any atom is -0.478 e. The van der Waals surface area contributed by atoms with Crippen molar-refractivity contribution < 1.29 is 19.0 Å². The van der Waals surface area contributed by atoms with Gasteiger partial charge >= 0.3 is 5.97 Å². The van der Waals surface area contributed by atoms with E-state index in [9.17, 15) is 9.18 Å². The van der Waals surface area contributed by atoms with Gasteiger partial charge in [-0.1, -0.05) is 0 Å². The molecule has 0 aliphatic rings. The van der Waals surface area contributed by atoms with Gasteiger partial charge in [-0.2, -0.15) is 5.10 Å². The number of carbonyl (C=O) groups is 1. The van der Waals surface area contributed by atoms with E-state index in [-0.39, 0.29) is 11.3 Å². The standard InChI is InChI=1S/C16H12FN3O3/c1-20-9-11(8-19-20)14-7-12(4-5-18-14)23-15-6-10(16(21)22)2-3-13(15)17/h2-9H,1H3,(H,21,22). The summed E-state index contributed by atoms with van der Waals surface area (Å²) in [5.41, 5.74) is 1.35. The van der Waals surface area contributed by atoms with Crippen molar-refractivity contribution in [3.8, 4) is 22.8 Å². The van der Waals surface area contributed by atoms with Crippen molar-refractivity contribution in [1.82, 2.24) is 14.8 Å². The summed E-state index contributed by atoms with van der Waals surface area (Å²) in [5, 5.41) is 13.0. The van der Waals surface area contributed by atoms with Crippen LogP contribution in [0.2, 0.25) is 0 Å². The van der Waals surface area contributed by atoms with Crippen molar-refractivity contribution in [2.75, 3.05) is 0 Å². The number of aryl methyl sites for hydroxylation is 1. The van der Waals surface area contributed by atoms with Crippen LogP contribution in [0.5, 0.6) is 11.5 Å². The summed E-state index contributed by atoms with van der Waals surface area (Å²) in [7, 11) is 1.79. The highest BCUT2D eigenvalue weighted by Gasteiger charge is 2.11. The Bertz CT molecular complexity index is 877. The molecular formula is C16H12FN3O3. The SMILES string of the molecule is Cn1cc(-c2cc(Oc3cc(C(=O)O)ccc3F)ccn2)cn1. The fourth-order valence-electron chi connectivity index (χ4n) is 2.03. The molecule has 0 saturated carbocycles. The van der Waals surface area contributed by atoms with Crippen molar-refractivity contribution in [3.63, 3.8) is 0 Å². The number of carboxylic acids is 1. The zero-order valence-electron chi connectivity index (χ0n) is 12.1. The van der Waals surface area contributed by atoms with Crippen LogP contribution in [0.3, 0.4) is 0 Å². The van der Waals surface area contributed by atoms with Crippen LogP contribution in [0.4, 0.5) is 4.39 Å². The lowest BCUT2D eigenvalue weighted by molar-refractivity contribution is 0.0696. The number of nitrogens with zero attached hydrogens (tertiary/aromatic N) is 3. The van der Waals surface area contributed by atoms with Crippen LogP contribution in [0, 0.1) is 5.82 Å². The quantitative estimate of drug-likeness (QED) is 0.801. The minimum atomic E-state index is -1.15. The molecule has 23 heavy (non-hydrogen) atoms. The van der Waals surface area contributed by atoms with Crippen LogP contribution in [0.25, 0.3) is 11.3 Å². The lowest BCUT2D eigenvalue weighted by Crippen LogP contribution is -1.98. The Labute approximate surface area is 130 Å². The molecule has 6 nitrogen and oxygen atoms in total. The number of hydrogen-bond donors (Lipinski definition) is 1. The molecule has 0 atom stereocenters. The molecule has 0 bridgehead atoms. The van der Waals surface area contributed by atoms with E-state index in [0.29, 0.717) is 11.4 Å². The van der Waals surface area contributed by atoms with Gasteiger partial charge in [0.05, 0.1) is 17.5 Å². The van der Waals surface area contributed by atoms with Gasteiger partial charge in [0.25, 0.3) is 0 Å². The van der Waals surface area contributed by atoms with Gasteiger partial charge in [0, 0.05) is 31.1 Å². The minimum absolute atomic E-state index is 0.0528. The number of aromatic carboxylic acids is 1. The summed E-state index contributed by atoms with van der Waals surface area (Å²) in [4.78, 5) is 15.2. The number of rotatable bonds is 4. The molecule has 2 aromatic heterocycles. The summed E-state index contributed by atoms with van der Waals surface area (Å²) < 4.78 is 20.9. The van der Waals surface area contributed by atoms with Crippen LogP contribution in [-0.2, 0) is 7.05 Å². The van der Waals surface area contributed by atoms with Crippen molar-refractivity contribution in [3.05, 3.63) is 60.3 Å². The Balaban J connectivity index is 1.92. The lowest BCUT2D eigenvalue weighted by atomic mass is 10.2. The summed E-state index contributed by atoms with van der Waals surface area (Å²) in [5.74, 6) is -1.61. The van der Waals surface area contributed by atoms with Gasteiger partial charge in [-0.05, 0) is 24.3 Å². The van der Waals surface area contributed by atoms with E-state index in [0.717, 1.165) is 17.7 Å². The molecule has 0 aliphatic carbocycles. The number of pyridine rings is 1. The Morgan fingerprint density at radius 1 is 1.30 bits per heavy atom. The molecule has 0 aliphatic heterocycles. The smallest absolute Gasteiger partial charge is 0.335 e. The average Bonchev–Trinajstić information content (AvgIpc) is 2.96.